The Hall–Kier alpha value is -2.43. The molecule has 2 aromatic carbocycles. The molecule has 2 aromatic rings. The van der Waals surface area contributed by atoms with Crippen LogP contribution in [0.5, 0.6) is 0 Å². The monoisotopic (exact) mass is 348 g/mol. The molecule has 0 saturated carbocycles. The summed E-state index contributed by atoms with van der Waals surface area (Å²) in [5.74, 6) is 0.0820. The number of carbonyl (C=O) groups is 1. The number of rotatable bonds is 3. The maximum atomic E-state index is 13.2. The van der Waals surface area contributed by atoms with Crippen molar-refractivity contribution < 1.29 is 9.53 Å². The maximum absolute atomic E-state index is 13.2. The highest BCUT2D eigenvalue weighted by molar-refractivity contribution is 6.35. The maximum Gasteiger partial charge on any atom is 0.260 e. The Bertz CT molecular complexity index is 866. The third kappa shape index (κ3) is 3.18. The number of carbonyl (C=O) groups excluding carboxylic acids is 1. The normalized spacial score (nSPS) is 19.2. The summed E-state index contributed by atoms with van der Waals surface area (Å²) in [7, 11) is 0. The largest absolute Gasteiger partial charge is 0.379 e. The zero-order valence-electron chi connectivity index (χ0n) is 15.4. The fourth-order valence-electron chi connectivity index (χ4n) is 3.60. The zero-order valence-corrected chi connectivity index (χ0v) is 15.4. The Morgan fingerprint density at radius 2 is 1.85 bits per heavy atom. The van der Waals surface area contributed by atoms with Gasteiger partial charge >= 0.3 is 0 Å². The molecule has 0 unspecified atom stereocenters. The van der Waals surface area contributed by atoms with E-state index in [1.165, 1.54) is 11.1 Å². The molecule has 26 heavy (non-hydrogen) atoms. The number of anilines is 1. The van der Waals surface area contributed by atoms with Gasteiger partial charge in [-0.25, -0.2) is 0 Å². The Kier molecular flexibility index (Phi) is 4.62. The quantitative estimate of drug-likeness (QED) is 0.796. The van der Waals surface area contributed by atoms with Crippen LogP contribution < -0.4 is 4.90 Å². The molecular formula is C22H24N2O2. The highest BCUT2D eigenvalue weighted by Gasteiger charge is 2.33. The van der Waals surface area contributed by atoms with E-state index in [-0.39, 0.29) is 5.91 Å². The van der Waals surface area contributed by atoms with Gasteiger partial charge in [0.25, 0.3) is 5.91 Å². The van der Waals surface area contributed by atoms with Crippen LogP contribution in [-0.2, 0) is 9.53 Å². The van der Waals surface area contributed by atoms with Gasteiger partial charge in [-0.05, 0) is 37.1 Å². The van der Waals surface area contributed by atoms with E-state index in [0.717, 1.165) is 48.7 Å². The van der Waals surface area contributed by atoms with Crippen molar-refractivity contribution in [2.75, 3.05) is 37.9 Å². The van der Waals surface area contributed by atoms with Crippen LogP contribution in [0.1, 0.15) is 22.3 Å². The molecule has 1 fully saturated rings. The van der Waals surface area contributed by atoms with Crippen molar-refractivity contribution in [1.29, 1.82) is 0 Å². The first kappa shape index (κ1) is 17.0. The summed E-state index contributed by atoms with van der Waals surface area (Å²) >= 11 is 0. The SMILES string of the molecule is Cc1ccc(C)c(/C=C2/C(=O)N(CN3CCOCC3)c3ccccc32)c1. The van der Waals surface area contributed by atoms with Crippen molar-refractivity contribution in [1.82, 2.24) is 4.90 Å². The van der Waals surface area contributed by atoms with E-state index in [9.17, 15) is 4.79 Å². The van der Waals surface area contributed by atoms with Gasteiger partial charge in [0.15, 0.2) is 0 Å². The van der Waals surface area contributed by atoms with Gasteiger partial charge in [0, 0.05) is 24.2 Å². The van der Waals surface area contributed by atoms with Crippen LogP contribution in [0, 0.1) is 13.8 Å². The number of fused-ring (bicyclic) bond motifs is 1. The van der Waals surface area contributed by atoms with Gasteiger partial charge in [-0.2, -0.15) is 0 Å². The number of para-hydroxylation sites is 1. The van der Waals surface area contributed by atoms with E-state index < -0.39 is 0 Å². The lowest BCUT2D eigenvalue weighted by atomic mass is 10.00. The number of ether oxygens (including phenoxy) is 1. The molecule has 0 atom stereocenters. The number of hydrogen-bond acceptors (Lipinski definition) is 3. The summed E-state index contributed by atoms with van der Waals surface area (Å²) in [4.78, 5) is 17.4. The summed E-state index contributed by atoms with van der Waals surface area (Å²) in [5.41, 5.74) is 6.29. The number of aryl methyl sites for hydroxylation is 2. The number of amides is 1. The van der Waals surface area contributed by atoms with E-state index >= 15 is 0 Å². The molecular weight excluding hydrogens is 324 g/mol. The van der Waals surface area contributed by atoms with Gasteiger partial charge < -0.3 is 4.74 Å². The Morgan fingerprint density at radius 1 is 1.08 bits per heavy atom. The van der Waals surface area contributed by atoms with Crippen LogP contribution in [0.3, 0.4) is 0 Å². The second kappa shape index (κ2) is 7.06. The summed E-state index contributed by atoms with van der Waals surface area (Å²) in [6.07, 6.45) is 2.04. The summed E-state index contributed by atoms with van der Waals surface area (Å²) in [6.45, 7) is 7.97. The molecule has 0 radical (unpaired) electrons. The van der Waals surface area contributed by atoms with Crippen LogP contribution in [0.2, 0.25) is 0 Å². The second-order valence-corrected chi connectivity index (χ2v) is 7.04. The molecule has 0 spiro atoms. The molecule has 0 aliphatic carbocycles. The standard InChI is InChI=1S/C22H24N2O2/c1-16-7-8-17(2)18(13-16)14-20-19-5-3-4-6-21(19)24(22(20)25)15-23-9-11-26-12-10-23/h3-8,13-14H,9-12,15H2,1-2H3/b20-14+. The third-order valence-electron chi connectivity index (χ3n) is 5.14. The molecule has 0 bridgehead atoms. The van der Waals surface area contributed by atoms with Crippen molar-refractivity contribution in [2.45, 2.75) is 13.8 Å². The predicted molar refractivity (Wildman–Crippen MR) is 105 cm³/mol. The first-order valence-corrected chi connectivity index (χ1v) is 9.14. The lowest BCUT2D eigenvalue weighted by Crippen LogP contribution is -2.45. The molecule has 2 aliphatic rings. The summed E-state index contributed by atoms with van der Waals surface area (Å²) < 4.78 is 5.43. The van der Waals surface area contributed by atoms with E-state index in [1.807, 2.05) is 35.2 Å². The first-order chi connectivity index (χ1) is 12.6. The molecule has 1 saturated heterocycles. The van der Waals surface area contributed by atoms with E-state index in [4.69, 9.17) is 4.74 Å². The van der Waals surface area contributed by atoms with Crippen LogP contribution in [0.15, 0.2) is 42.5 Å². The highest BCUT2D eigenvalue weighted by Crippen LogP contribution is 2.38. The molecule has 0 aromatic heterocycles. The number of hydrogen-bond donors (Lipinski definition) is 0. The fourth-order valence-corrected chi connectivity index (χ4v) is 3.60. The van der Waals surface area contributed by atoms with Gasteiger partial charge in [-0.3, -0.25) is 14.6 Å². The lowest BCUT2D eigenvalue weighted by Gasteiger charge is -2.30. The van der Waals surface area contributed by atoms with Gasteiger partial charge in [0.2, 0.25) is 0 Å². The predicted octanol–water partition coefficient (Wildman–Crippen LogP) is 3.48. The minimum absolute atomic E-state index is 0.0820. The van der Waals surface area contributed by atoms with Crippen molar-refractivity contribution in [3.05, 3.63) is 64.7 Å². The Labute approximate surface area is 154 Å². The molecule has 4 nitrogen and oxygen atoms in total. The Morgan fingerprint density at radius 3 is 2.65 bits per heavy atom. The topological polar surface area (TPSA) is 32.8 Å². The van der Waals surface area contributed by atoms with Gasteiger partial charge in [-0.15, -0.1) is 0 Å². The average molecular weight is 348 g/mol. The van der Waals surface area contributed by atoms with E-state index in [0.29, 0.717) is 6.67 Å². The van der Waals surface area contributed by atoms with Gasteiger partial charge in [-0.1, -0.05) is 42.0 Å². The molecule has 2 aliphatic heterocycles. The van der Waals surface area contributed by atoms with Crippen LogP contribution in [0.25, 0.3) is 11.6 Å². The zero-order chi connectivity index (χ0) is 18.1. The second-order valence-electron chi connectivity index (χ2n) is 7.04. The molecule has 4 heteroatoms. The molecule has 134 valence electrons. The Balaban J connectivity index is 1.71. The van der Waals surface area contributed by atoms with Crippen molar-refractivity contribution in [3.8, 4) is 0 Å². The first-order valence-electron chi connectivity index (χ1n) is 9.14. The summed E-state index contributed by atoms with van der Waals surface area (Å²) in [6, 6.07) is 14.4. The third-order valence-corrected chi connectivity index (χ3v) is 5.14. The fraction of sp³-hybridized carbons (Fsp3) is 0.318. The highest BCUT2D eigenvalue weighted by atomic mass is 16.5. The van der Waals surface area contributed by atoms with Crippen LogP contribution in [0.4, 0.5) is 5.69 Å². The van der Waals surface area contributed by atoms with Crippen molar-refractivity contribution in [3.63, 3.8) is 0 Å². The smallest absolute Gasteiger partial charge is 0.260 e. The van der Waals surface area contributed by atoms with E-state index in [2.05, 4.69) is 36.9 Å². The van der Waals surface area contributed by atoms with Gasteiger partial charge in [0.05, 0.1) is 25.6 Å². The van der Waals surface area contributed by atoms with Crippen LogP contribution >= 0.6 is 0 Å². The number of nitrogens with zero attached hydrogens (tertiary/aromatic N) is 2. The average Bonchev–Trinajstić information content (AvgIpc) is 2.91. The van der Waals surface area contributed by atoms with E-state index in [1.54, 1.807) is 0 Å². The molecule has 2 heterocycles. The minimum Gasteiger partial charge on any atom is -0.379 e. The molecule has 1 amide bonds. The van der Waals surface area contributed by atoms with Crippen molar-refractivity contribution in [2.24, 2.45) is 0 Å². The number of benzene rings is 2. The summed E-state index contributed by atoms with van der Waals surface area (Å²) in [5, 5.41) is 0. The van der Waals surface area contributed by atoms with Gasteiger partial charge in [0.1, 0.15) is 0 Å². The minimum atomic E-state index is 0.0820. The number of morpholine rings is 1. The molecule has 4 rings (SSSR count). The lowest BCUT2D eigenvalue weighted by molar-refractivity contribution is -0.113. The van der Waals surface area contributed by atoms with Crippen molar-refractivity contribution >= 4 is 23.2 Å². The molecule has 0 N–H and O–H groups in total. The van der Waals surface area contributed by atoms with Crippen LogP contribution in [-0.4, -0.2) is 43.8 Å².